The summed E-state index contributed by atoms with van der Waals surface area (Å²) in [7, 11) is 0. The summed E-state index contributed by atoms with van der Waals surface area (Å²) in [5, 5.41) is 0. The average Bonchev–Trinajstić information content (AvgIpc) is 2.01. The minimum Gasteiger partial charge on any atom is -0.254 e. The Hall–Kier alpha value is -1.11. The zero-order chi connectivity index (χ0) is 8.10. The van der Waals surface area contributed by atoms with Gasteiger partial charge in [-0.1, -0.05) is 19.1 Å². The van der Waals surface area contributed by atoms with Gasteiger partial charge in [0, 0.05) is 5.69 Å². The summed E-state index contributed by atoms with van der Waals surface area (Å²) in [5.74, 6) is 0. The molecule has 0 N–H and O–H groups in total. The Kier molecular flexibility index (Phi) is 2.84. The molecule has 0 atom stereocenters. The van der Waals surface area contributed by atoms with E-state index in [1.165, 1.54) is 0 Å². The zero-order valence-corrected chi connectivity index (χ0v) is 7.04. The maximum atomic E-state index is 4.32. The molecule has 0 unspecified atom stereocenters. The Bertz CT molecular complexity index is 251. The standard InChI is InChI=1S/C10H13N/c1-3-4-7-10-8-5-6-9(2)11-10/h4-8H,3H2,1-2H3. The highest BCUT2D eigenvalue weighted by molar-refractivity contribution is 5.44. The molecule has 1 aromatic heterocycles. The summed E-state index contributed by atoms with van der Waals surface area (Å²) < 4.78 is 0. The van der Waals surface area contributed by atoms with Crippen LogP contribution in [0.5, 0.6) is 0 Å². The van der Waals surface area contributed by atoms with E-state index in [0.717, 1.165) is 17.8 Å². The van der Waals surface area contributed by atoms with Crippen molar-refractivity contribution in [3.8, 4) is 0 Å². The summed E-state index contributed by atoms with van der Waals surface area (Å²) in [6.45, 7) is 4.12. The molecule has 0 aliphatic rings. The Morgan fingerprint density at radius 3 is 2.91 bits per heavy atom. The largest absolute Gasteiger partial charge is 0.254 e. The first-order chi connectivity index (χ1) is 5.33. The molecule has 11 heavy (non-hydrogen) atoms. The molecule has 1 aromatic rings. The van der Waals surface area contributed by atoms with Gasteiger partial charge in [-0.15, -0.1) is 0 Å². The molecule has 1 heterocycles. The summed E-state index contributed by atoms with van der Waals surface area (Å²) in [4.78, 5) is 4.32. The third-order valence-corrected chi connectivity index (χ3v) is 1.43. The maximum Gasteiger partial charge on any atom is 0.0629 e. The SMILES string of the molecule is CCC=Cc1cccc(C)n1. The fraction of sp³-hybridized carbons (Fsp3) is 0.300. The van der Waals surface area contributed by atoms with Gasteiger partial charge >= 0.3 is 0 Å². The molecule has 0 aliphatic heterocycles. The fourth-order valence-corrected chi connectivity index (χ4v) is 0.896. The van der Waals surface area contributed by atoms with Crippen LogP contribution in [0.1, 0.15) is 24.7 Å². The van der Waals surface area contributed by atoms with E-state index in [4.69, 9.17) is 0 Å². The number of allylic oxidation sites excluding steroid dienone is 1. The Balaban J connectivity index is 2.79. The van der Waals surface area contributed by atoms with Crippen LogP contribution in [-0.2, 0) is 0 Å². The van der Waals surface area contributed by atoms with E-state index in [-0.39, 0.29) is 0 Å². The minimum absolute atomic E-state index is 1.05. The molecule has 1 nitrogen and oxygen atoms in total. The van der Waals surface area contributed by atoms with Gasteiger partial charge in [0.25, 0.3) is 0 Å². The van der Waals surface area contributed by atoms with Crippen LogP contribution in [0.2, 0.25) is 0 Å². The summed E-state index contributed by atoms with van der Waals surface area (Å²) >= 11 is 0. The second-order valence-electron chi connectivity index (χ2n) is 2.51. The van der Waals surface area contributed by atoms with E-state index < -0.39 is 0 Å². The Morgan fingerprint density at radius 2 is 2.27 bits per heavy atom. The molecular formula is C10H13N. The fourth-order valence-electron chi connectivity index (χ4n) is 0.896. The number of aromatic nitrogens is 1. The third-order valence-electron chi connectivity index (χ3n) is 1.43. The van der Waals surface area contributed by atoms with E-state index in [1.54, 1.807) is 0 Å². The first-order valence-corrected chi connectivity index (χ1v) is 3.93. The topological polar surface area (TPSA) is 12.9 Å². The van der Waals surface area contributed by atoms with Crippen molar-refractivity contribution >= 4 is 6.08 Å². The third kappa shape index (κ3) is 2.54. The van der Waals surface area contributed by atoms with Crippen molar-refractivity contribution in [2.45, 2.75) is 20.3 Å². The molecule has 0 spiro atoms. The van der Waals surface area contributed by atoms with Gasteiger partial charge in [0.15, 0.2) is 0 Å². The van der Waals surface area contributed by atoms with Crippen LogP contribution in [0.3, 0.4) is 0 Å². The summed E-state index contributed by atoms with van der Waals surface area (Å²) in [6, 6.07) is 6.04. The van der Waals surface area contributed by atoms with E-state index in [1.807, 2.05) is 31.2 Å². The zero-order valence-electron chi connectivity index (χ0n) is 7.04. The van der Waals surface area contributed by atoms with Crippen LogP contribution < -0.4 is 0 Å². The predicted octanol–water partition coefficient (Wildman–Crippen LogP) is 2.81. The molecule has 0 saturated carbocycles. The molecule has 0 fully saturated rings. The van der Waals surface area contributed by atoms with E-state index in [2.05, 4.69) is 18.0 Å². The average molecular weight is 147 g/mol. The molecule has 58 valence electrons. The predicted molar refractivity (Wildman–Crippen MR) is 48.3 cm³/mol. The van der Waals surface area contributed by atoms with Crippen molar-refractivity contribution < 1.29 is 0 Å². The highest BCUT2D eigenvalue weighted by Gasteiger charge is 1.86. The van der Waals surface area contributed by atoms with Crippen LogP contribution in [0.15, 0.2) is 24.3 Å². The van der Waals surface area contributed by atoms with Crippen LogP contribution in [-0.4, -0.2) is 4.98 Å². The highest BCUT2D eigenvalue weighted by Crippen LogP contribution is 2.00. The maximum absolute atomic E-state index is 4.32. The molecule has 0 saturated heterocycles. The van der Waals surface area contributed by atoms with Gasteiger partial charge in [-0.05, 0) is 31.6 Å². The molecular weight excluding hydrogens is 134 g/mol. The Morgan fingerprint density at radius 1 is 1.45 bits per heavy atom. The molecule has 0 aliphatic carbocycles. The highest BCUT2D eigenvalue weighted by atomic mass is 14.7. The van der Waals surface area contributed by atoms with Crippen LogP contribution in [0.25, 0.3) is 6.08 Å². The first kappa shape index (κ1) is 7.99. The lowest BCUT2D eigenvalue weighted by Gasteiger charge is -1.93. The van der Waals surface area contributed by atoms with E-state index in [0.29, 0.717) is 0 Å². The van der Waals surface area contributed by atoms with Crippen molar-refractivity contribution in [3.05, 3.63) is 35.7 Å². The number of nitrogens with zero attached hydrogens (tertiary/aromatic N) is 1. The molecule has 0 bridgehead atoms. The molecule has 0 aromatic carbocycles. The quantitative estimate of drug-likeness (QED) is 0.626. The Labute approximate surface area is 67.8 Å². The van der Waals surface area contributed by atoms with Crippen LogP contribution in [0, 0.1) is 6.92 Å². The number of pyridine rings is 1. The van der Waals surface area contributed by atoms with E-state index in [9.17, 15) is 0 Å². The lowest BCUT2D eigenvalue weighted by Crippen LogP contribution is -1.82. The van der Waals surface area contributed by atoms with Gasteiger partial charge < -0.3 is 0 Å². The smallest absolute Gasteiger partial charge is 0.0629 e. The van der Waals surface area contributed by atoms with E-state index >= 15 is 0 Å². The molecule has 1 rings (SSSR count). The summed E-state index contributed by atoms with van der Waals surface area (Å²) in [5.41, 5.74) is 2.12. The van der Waals surface area contributed by atoms with Crippen molar-refractivity contribution in [3.63, 3.8) is 0 Å². The summed E-state index contributed by atoms with van der Waals surface area (Å²) in [6.07, 6.45) is 5.23. The second-order valence-corrected chi connectivity index (χ2v) is 2.51. The lowest BCUT2D eigenvalue weighted by atomic mass is 10.3. The number of rotatable bonds is 2. The second kappa shape index (κ2) is 3.91. The normalized spacial score (nSPS) is 10.7. The van der Waals surface area contributed by atoms with Crippen molar-refractivity contribution in [2.24, 2.45) is 0 Å². The van der Waals surface area contributed by atoms with Gasteiger partial charge in [0.05, 0.1) is 5.69 Å². The molecule has 1 heteroatoms. The van der Waals surface area contributed by atoms with Crippen molar-refractivity contribution in [1.29, 1.82) is 0 Å². The van der Waals surface area contributed by atoms with Gasteiger partial charge in [0.2, 0.25) is 0 Å². The van der Waals surface area contributed by atoms with Gasteiger partial charge in [-0.2, -0.15) is 0 Å². The number of hydrogen-bond donors (Lipinski definition) is 0. The van der Waals surface area contributed by atoms with Gasteiger partial charge in [-0.25, -0.2) is 0 Å². The molecule has 0 radical (unpaired) electrons. The van der Waals surface area contributed by atoms with Crippen molar-refractivity contribution in [2.75, 3.05) is 0 Å². The molecule has 0 amide bonds. The minimum atomic E-state index is 1.05. The number of hydrogen-bond acceptors (Lipinski definition) is 1. The van der Waals surface area contributed by atoms with Crippen LogP contribution in [0.4, 0.5) is 0 Å². The van der Waals surface area contributed by atoms with Crippen molar-refractivity contribution in [1.82, 2.24) is 4.98 Å². The van der Waals surface area contributed by atoms with Crippen LogP contribution >= 0.6 is 0 Å². The van der Waals surface area contributed by atoms with Gasteiger partial charge in [0.1, 0.15) is 0 Å². The monoisotopic (exact) mass is 147 g/mol. The number of aryl methyl sites for hydroxylation is 1. The lowest BCUT2D eigenvalue weighted by molar-refractivity contribution is 1.17. The van der Waals surface area contributed by atoms with Gasteiger partial charge in [-0.3, -0.25) is 4.98 Å². The first-order valence-electron chi connectivity index (χ1n) is 3.93.